The molecule has 0 radical (unpaired) electrons. The number of piperidine rings is 2. The summed E-state index contributed by atoms with van der Waals surface area (Å²) in [4.78, 5) is 56.6. The van der Waals surface area contributed by atoms with E-state index in [4.69, 9.17) is 22.1 Å². The molecule has 0 unspecified atom stereocenters. The predicted molar refractivity (Wildman–Crippen MR) is 270 cm³/mol. The van der Waals surface area contributed by atoms with E-state index in [1.807, 2.05) is 42.2 Å². The zero-order chi connectivity index (χ0) is 51.5. The third kappa shape index (κ3) is 9.15. The van der Waals surface area contributed by atoms with Crippen molar-refractivity contribution in [2.24, 2.45) is 24.6 Å². The van der Waals surface area contributed by atoms with E-state index in [2.05, 4.69) is 27.2 Å². The van der Waals surface area contributed by atoms with Gasteiger partial charge in [0.2, 0.25) is 17.7 Å². The number of hydrogen-bond acceptors (Lipinski definition) is 8. The van der Waals surface area contributed by atoms with E-state index in [0.717, 1.165) is 37.8 Å². The minimum Gasteiger partial charge on any atom is -0.480 e. The molecule has 1 aliphatic carbocycles. The smallest absolute Gasteiger partial charge is 0.329 e. The maximum absolute atomic E-state index is 16.3. The number of nitrogens with zero attached hydrogens (tertiary/aromatic N) is 5. The molecule has 5 amide bonds. The molecular formula is C55H59ClF4N8O5. The largest absolute Gasteiger partial charge is 0.480 e. The quantitative estimate of drug-likeness (QED) is 0.105. The molecule has 5 heterocycles. The Bertz CT molecular complexity index is 3020. The summed E-state index contributed by atoms with van der Waals surface area (Å²) in [5.41, 5.74) is 5.85. The lowest BCUT2D eigenvalue weighted by Crippen LogP contribution is -2.49. The fourth-order valence-electron chi connectivity index (χ4n) is 12.3. The molecule has 4 fully saturated rings. The first-order chi connectivity index (χ1) is 35.1. The average molecular weight is 1020 g/mol. The van der Waals surface area contributed by atoms with Crippen LogP contribution < -0.4 is 26.0 Å². The average Bonchev–Trinajstić information content (AvgIpc) is 3.86. The van der Waals surface area contributed by atoms with Gasteiger partial charge in [-0.25, -0.2) is 22.4 Å². The maximum atomic E-state index is 16.3. The van der Waals surface area contributed by atoms with Gasteiger partial charge in [-0.2, -0.15) is 5.10 Å². The number of nitrogens with two attached hydrogens (primary N) is 1. The number of ether oxygens (including phenoxy) is 1. The van der Waals surface area contributed by atoms with E-state index in [1.165, 1.54) is 39.9 Å². The first kappa shape index (κ1) is 50.2. The Morgan fingerprint density at radius 2 is 1.62 bits per heavy atom. The van der Waals surface area contributed by atoms with Crippen molar-refractivity contribution in [2.75, 3.05) is 50.7 Å². The summed E-state index contributed by atoms with van der Waals surface area (Å²) in [5.74, 6) is -4.33. The molecule has 5 aromatic rings. The Labute approximate surface area is 426 Å². The summed E-state index contributed by atoms with van der Waals surface area (Å²) >= 11 is 6.71. The highest BCUT2D eigenvalue weighted by Gasteiger charge is 2.50. The van der Waals surface area contributed by atoms with Crippen LogP contribution >= 0.6 is 11.6 Å². The SMILES string of the molecule is C=Cc1ccc(C(N)=O)c(-c2c(Cl)c(F)cc3c2[C@H](C)[C@@](CNC2CCC(C(=O)N4CCC(CN5CCC(c6c(F)cc7c(N8CCC(=O)NC8=O)nn(C)c7c6F)CC5)CC4)CC2)(c2ccccc2)O3)c1F. The van der Waals surface area contributed by atoms with Gasteiger partial charge in [-0.15, -0.1) is 0 Å². The third-order valence-electron chi connectivity index (χ3n) is 16.3. The number of aromatic nitrogens is 2. The van der Waals surface area contributed by atoms with E-state index in [9.17, 15) is 19.2 Å². The zero-order valence-corrected chi connectivity index (χ0v) is 41.7. The number of likely N-dealkylation sites (tertiary alicyclic amines) is 2. The Kier molecular flexibility index (Phi) is 13.9. The summed E-state index contributed by atoms with van der Waals surface area (Å²) in [7, 11) is 1.56. The standard InChI is InChI=1S/C55H59ClF4N8O5/c1-4-32-12-15-37(51(61)70)45(48(32)59)46-43-30(2)55(35-8-6-5-7-9-35,73-41(43)27-40(58)47(46)56)29-62-36-13-10-34(11-14-36)53(71)67-23-16-31(17-24-67)28-66-21-18-33(19-22-66)44-39(57)26-38-50(49(44)60)65(3)64-52(38)68-25-20-42(69)63-54(68)72/h4-9,12,15,26-27,30-31,33-34,36,62H,1,10-11,13-14,16-25,28-29H2,2-3H3,(H2,61,70)(H,63,69,72)/t30-,34?,36?,55-/m0/s1. The molecule has 1 aromatic heterocycles. The molecule has 0 bridgehead atoms. The first-order valence-electron chi connectivity index (χ1n) is 25.3. The van der Waals surface area contributed by atoms with Crippen LogP contribution in [0.25, 0.3) is 28.1 Å². The number of urea groups is 1. The number of benzene rings is 4. The molecule has 1 saturated carbocycles. The second-order valence-electron chi connectivity index (χ2n) is 20.5. The van der Waals surface area contributed by atoms with Gasteiger partial charge < -0.3 is 25.6 Å². The van der Waals surface area contributed by atoms with E-state index >= 15 is 17.6 Å². The molecule has 10 rings (SSSR count). The number of carbonyl (C=O) groups is 4. The van der Waals surface area contributed by atoms with Gasteiger partial charge >= 0.3 is 6.03 Å². The number of amides is 5. The molecule has 2 atom stereocenters. The summed E-state index contributed by atoms with van der Waals surface area (Å²) in [6.07, 6.45) is 7.25. The molecule has 4 aliphatic heterocycles. The van der Waals surface area contributed by atoms with Crippen molar-refractivity contribution in [3.8, 4) is 16.9 Å². The van der Waals surface area contributed by atoms with Crippen LogP contribution in [0, 0.1) is 35.1 Å². The molecule has 3 saturated heterocycles. The van der Waals surface area contributed by atoms with Crippen molar-refractivity contribution in [1.29, 1.82) is 0 Å². The van der Waals surface area contributed by atoms with Crippen LogP contribution in [0.5, 0.6) is 5.75 Å². The second-order valence-corrected chi connectivity index (χ2v) is 20.8. The number of anilines is 1. The van der Waals surface area contributed by atoms with E-state index < -0.39 is 52.6 Å². The molecule has 4 aromatic carbocycles. The first-order valence-corrected chi connectivity index (χ1v) is 25.7. The van der Waals surface area contributed by atoms with Crippen LogP contribution in [0.2, 0.25) is 5.02 Å². The van der Waals surface area contributed by atoms with Gasteiger partial charge in [0.05, 0.1) is 10.4 Å². The number of primary amides is 1. The van der Waals surface area contributed by atoms with Crippen molar-refractivity contribution in [3.63, 3.8) is 0 Å². The number of hydrogen-bond donors (Lipinski definition) is 3. The second kappa shape index (κ2) is 20.2. The molecule has 73 heavy (non-hydrogen) atoms. The predicted octanol–water partition coefficient (Wildman–Crippen LogP) is 9.30. The minimum atomic E-state index is -1.08. The minimum absolute atomic E-state index is 0.0111. The van der Waals surface area contributed by atoms with Crippen LogP contribution in [0.3, 0.4) is 0 Å². The number of halogens is 5. The summed E-state index contributed by atoms with van der Waals surface area (Å²) in [6, 6.07) is 14.2. The Morgan fingerprint density at radius 3 is 2.29 bits per heavy atom. The van der Waals surface area contributed by atoms with Crippen LogP contribution in [-0.4, -0.2) is 95.2 Å². The van der Waals surface area contributed by atoms with Crippen molar-refractivity contribution in [2.45, 2.75) is 88.2 Å². The van der Waals surface area contributed by atoms with Crippen molar-refractivity contribution in [3.05, 3.63) is 117 Å². The van der Waals surface area contributed by atoms with Gasteiger partial charge in [-0.05, 0) is 94.0 Å². The Hall–Kier alpha value is -6.30. The third-order valence-corrected chi connectivity index (χ3v) is 16.7. The highest BCUT2D eigenvalue weighted by atomic mass is 35.5. The lowest BCUT2D eigenvalue weighted by Gasteiger charge is -2.40. The van der Waals surface area contributed by atoms with Crippen molar-refractivity contribution < 1.29 is 41.5 Å². The molecule has 18 heteroatoms. The van der Waals surface area contributed by atoms with E-state index in [-0.39, 0.29) is 92.1 Å². The number of nitrogens with one attached hydrogen (secondary N) is 2. The Balaban J connectivity index is 0.735. The highest BCUT2D eigenvalue weighted by molar-refractivity contribution is 6.34. The van der Waals surface area contributed by atoms with Crippen LogP contribution in [0.4, 0.5) is 28.2 Å². The number of imide groups is 1. The molecule has 384 valence electrons. The maximum Gasteiger partial charge on any atom is 0.329 e. The van der Waals surface area contributed by atoms with Crippen LogP contribution in [0.1, 0.15) is 109 Å². The van der Waals surface area contributed by atoms with Gasteiger partial charge in [-0.3, -0.25) is 29.3 Å². The van der Waals surface area contributed by atoms with Gasteiger partial charge in [-0.1, -0.05) is 67.6 Å². The van der Waals surface area contributed by atoms with Crippen LogP contribution in [-0.2, 0) is 22.2 Å². The lowest BCUT2D eigenvalue weighted by atomic mass is 9.77. The van der Waals surface area contributed by atoms with Gasteiger partial charge in [0.1, 0.15) is 28.7 Å². The summed E-state index contributed by atoms with van der Waals surface area (Å²) in [5, 5.41) is 10.2. The summed E-state index contributed by atoms with van der Waals surface area (Å²) < 4.78 is 72.3. The topological polar surface area (TPSA) is 155 Å². The number of rotatable bonds is 12. The van der Waals surface area contributed by atoms with Gasteiger partial charge in [0, 0.05) is 104 Å². The van der Waals surface area contributed by atoms with E-state index in [1.54, 1.807) is 7.05 Å². The number of aryl methyl sites for hydroxylation is 1. The number of carbonyl (C=O) groups excluding carboxylic acids is 4. The number of fused-ring (bicyclic) bond motifs is 2. The Morgan fingerprint density at radius 1 is 0.904 bits per heavy atom. The fourth-order valence-corrected chi connectivity index (χ4v) is 12.6. The summed E-state index contributed by atoms with van der Waals surface area (Å²) in [6.45, 7) is 9.61. The molecule has 5 aliphatic rings. The van der Waals surface area contributed by atoms with Gasteiger partial charge in [0.25, 0.3) is 0 Å². The normalized spacial score (nSPS) is 23.1. The fraction of sp³-hybridized carbons (Fsp3) is 0.436. The highest BCUT2D eigenvalue weighted by Crippen LogP contribution is 2.56. The molecule has 4 N–H and O–H groups in total. The van der Waals surface area contributed by atoms with E-state index in [0.29, 0.717) is 69.9 Å². The van der Waals surface area contributed by atoms with Crippen LogP contribution in [0.15, 0.2) is 61.2 Å². The zero-order valence-electron chi connectivity index (χ0n) is 40.9. The monoisotopic (exact) mass is 1020 g/mol. The molecule has 0 spiro atoms. The van der Waals surface area contributed by atoms with Crippen molar-refractivity contribution >= 4 is 58.2 Å². The lowest BCUT2D eigenvalue weighted by molar-refractivity contribution is -0.138. The molecule has 13 nitrogen and oxygen atoms in total. The van der Waals surface area contributed by atoms with Gasteiger partial charge in [0.15, 0.2) is 17.2 Å². The van der Waals surface area contributed by atoms with Crippen molar-refractivity contribution in [1.82, 2.24) is 30.2 Å². The molecular weight excluding hydrogens is 964 g/mol.